The van der Waals surface area contributed by atoms with Gasteiger partial charge in [0.05, 0.1) is 5.56 Å². The number of amides is 1. The van der Waals surface area contributed by atoms with Crippen LogP contribution in [0.15, 0.2) is 72.8 Å². The molecule has 0 aromatic heterocycles. The van der Waals surface area contributed by atoms with Crippen molar-refractivity contribution in [3.63, 3.8) is 0 Å². The molecule has 0 aliphatic rings. The van der Waals surface area contributed by atoms with Crippen molar-refractivity contribution in [1.82, 2.24) is 0 Å². The van der Waals surface area contributed by atoms with Crippen molar-refractivity contribution in [2.24, 2.45) is 0 Å². The van der Waals surface area contributed by atoms with Crippen molar-refractivity contribution >= 4 is 17.6 Å². The summed E-state index contributed by atoms with van der Waals surface area (Å²) in [4.78, 5) is 24.3. The number of carbonyl (C=O) groups excluding carboxylic acids is 2. The molecule has 6 heteroatoms. The first-order valence-corrected chi connectivity index (χ1v) is 8.57. The zero-order chi connectivity index (χ0) is 19.9. The maximum Gasteiger partial charge on any atom is 0.338 e. The fourth-order valence-electron chi connectivity index (χ4n) is 2.67. The van der Waals surface area contributed by atoms with E-state index in [1.807, 2.05) is 42.5 Å². The van der Waals surface area contributed by atoms with E-state index in [0.717, 1.165) is 23.3 Å². The molecule has 0 heterocycles. The number of esters is 1. The Morgan fingerprint density at radius 3 is 2.32 bits per heavy atom. The number of ether oxygens (including phenoxy) is 1. The van der Waals surface area contributed by atoms with E-state index in [2.05, 4.69) is 5.32 Å². The van der Waals surface area contributed by atoms with Gasteiger partial charge in [0.25, 0.3) is 5.91 Å². The smallest absolute Gasteiger partial charge is 0.338 e. The SMILES string of the molecule is O=C(COC(=O)c1ccccc1Cc1ccccc1)Nc1ccc(F)c(F)c1. The summed E-state index contributed by atoms with van der Waals surface area (Å²) in [5.74, 6) is -3.38. The number of anilines is 1. The third-order valence-corrected chi connectivity index (χ3v) is 4.01. The molecule has 3 aromatic rings. The van der Waals surface area contributed by atoms with Crippen LogP contribution >= 0.6 is 0 Å². The highest BCUT2D eigenvalue weighted by Gasteiger charge is 2.15. The molecule has 0 radical (unpaired) electrons. The van der Waals surface area contributed by atoms with Gasteiger partial charge in [-0.05, 0) is 35.7 Å². The number of nitrogens with one attached hydrogen (secondary N) is 1. The monoisotopic (exact) mass is 381 g/mol. The van der Waals surface area contributed by atoms with Crippen molar-refractivity contribution in [3.05, 3.63) is 101 Å². The summed E-state index contributed by atoms with van der Waals surface area (Å²) in [5.41, 5.74) is 2.26. The second-order valence-electron chi connectivity index (χ2n) is 6.07. The van der Waals surface area contributed by atoms with E-state index in [-0.39, 0.29) is 5.69 Å². The Labute approximate surface area is 160 Å². The second-order valence-corrected chi connectivity index (χ2v) is 6.07. The summed E-state index contributed by atoms with van der Waals surface area (Å²) < 4.78 is 31.2. The van der Waals surface area contributed by atoms with Crippen LogP contribution in [-0.4, -0.2) is 18.5 Å². The van der Waals surface area contributed by atoms with E-state index in [0.29, 0.717) is 12.0 Å². The zero-order valence-electron chi connectivity index (χ0n) is 14.8. The molecule has 0 saturated heterocycles. The third-order valence-electron chi connectivity index (χ3n) is 4.01. The van der Waals surface area contributed by atoms with E-state index in [1.165, 1.54) is 6.07 Å². The summed E-state index contributed by atoms with van der Waals surface area (Å²) in [5, 5.41) is 2.35. The van der Waals surface area contributed by atoms with Gasteiger partial charge in [0.15, 0.2) is 18.2 Å². The topological polar surface area (TPSA) is 55.4 Å². The quantitative estimate of drug-likeness (QED) is 0.646. The lowest BCUT2D eigenvalue weighted by Gasteiger charge is -2.10. The average Bonchev–Trinajstić information content (AvgIpc) is 2.70. The zero-order valence-corrected chi connectivity index (χ0v) is 14.8. The maximum atomic E-state index is 13.2. The molecule has 1 amide bonds. The van der Waals surface area contributed by atoms with Gasteiger partial charge in [0.1, 0.15) is 0 Å². The van der Waals surface area contributed by atoms with Gasteiger partial charge in [-0.2, -0.15) is 0 Å². The van der Waals surface area contributed by atoms with E-state index in [1.54, 1.807) is 12.1 Å². The molecule has 0 aliphatic heterocycles. The predicted octanol–water partition coefficient (Wildman–Crippen LogP) is 4.35. The molecular formula is C22H17F2NO3. The van der Waals surface area contributed by atoms with E-state index >= 15 is 0 Å². The highest BCUT2D eigenvalue weighted by atomic mass is 19.2. The van der Waals surface area contributed by atoms with Gasteiger partial charge in [0, 0.05) is 11.8 Å². The summed E-state index contributed by atoms with van der Waals surface area (Å²) >= 11 is 0. The Morgan fingerprint density at radius 1 is 0.857 bits per heavy atom. The van der Waals surface area contributed by atoms with Gasteiger partial charge < -0.3 is 10.1 Å². The molecule has 0 aliphatic carbocycles. The molecule has 142 valence electrons. The Bertz CT molecular complexity index is 990. The summed E-state index contributed by atoms with van der Waals surface area (Å²) in [6, 6.07) is 19.6. The number of benzene rings is 3. The van der Waals surface area contributed by atoms with Crippen LogP contribution in [0.2, 0.25) is 0 Å². The highest BCUT2D eigenvalue weighted by molar-refractivity contribution is 5.96. The van der Waals surface area contributed by atoms with E-state index in [9.17, 15) is 18.4 Å². The van der Waals surface area contributed by atoms with Crippen LogP contribution in [-0.2, 0) is 16.0 Å². The molecule has 0 saturated carbocycles. The molecule has 4 nitrogen and oxygen atoms in total. The van der Waals surface area contributed by atoms with Crippen molar-refractivity contribution in [1.29, 1.82) is 0 Å². The lowest BCUT2D eigenvalue weighted by atomic mass is 10.00. The Balaban J connectivity index is 1.61. The highest BCUT2D eigenvalue weighted by Crippen LogP contribution is 2.16. The number of halogens is 2. The number of carbonyl (C=O) groups is 2. The maximum absolute atomic E-state index is 13.2. The van der Waals surface area contributed by atoms with Crippen LogP contribution in [0, 0.1) is 11.6 Å². The fourth-order valence-corrected chi connectivity index (χ4v) is 2.67. The van der Waals surface area contributed by atoms with Crippen LogP contribution in [0.1, 0.15) is 21.5 Å². The molecule has 0 spiro atoms. The van der Waals surface area contributed by atoms with Crippen LogP contribution in [0.5, 0.6) is 0 Å². The van der Waals surface area contributed by atoms with Crippen molar-refractivity contribution < 1.29 is 23.1 Å². The number of hydrogen-bond donors (Lipinski definition) is 1. The van der Waals surface area contributed by atoms with Crippen LogP contribution in [0.25, 0.3) is 0 Å². The molecule has 0 atom stereocenters. The van der Waals surface area contributed by atoms with Gasteiger partial charge >= 0.3 is 5.97 Å². The van der Waals surface area contributed by atoms with E-state index < -0.39 is 30.1 Å². The molecule has 3 aromatic carbocycles. The normalized spacial score (nSPS) is 10.4. The Hall–Kier alpha value is -3.54. The predicted molar refractivity (Wildman–Crippen MR) is 101 cm³/mol. The first kappa shape index (κ1) is 19.2. The Kier molecular flexibility index (Phi) is 6.11. The molecule has 0 unspecified atom stereocenters. The minimum absolute atomic E-state index is 0.0735. The third kappa shape index (κ3) is 5.01. The molecule has 0 bridgehead atoms. The van der Waals surface area contributed by atoms with Crippen molar-refractivity contribution in [3.8, 4) is 0 Å². The van der Waals surface area contributed by atoms with Crippen molar-refractivity contribution in [2.75, 3.05) is 11.9 Å². The molecule has 3 rings (SSSR count). The van der Waals surface area contributed by atoms with Gasteiger partial charge in [-0.15, -0.1) is 0 Å². The molecular weight excluding hydrogens is 364 g/mol. The number of rotatable bonds is 6. The summed E-state index contributed by atoms with van der Waals surface area (Å²) in [6.45, 7) is -0.544. The lowest BCUT2D eigenvalue weighted by molar-refractivity contribution is -0.119. The van der Waals surface area contributed by atoms with Gasteiger partial charge in [-0.25, -0.2) is 13.6 Å². The van der Waals surface area contributed by atoms with Crippen LogP contribution in [0.4, 0.5) is 14.5 Å². The van der Waals surface area contributed by atoms with Gasteiger partial charge in [0.2, 0.25) is 0 Å². The first-order valence-electron chi connectivity index (χ1n) is 8.57. The van der Waals surface area contributed by atoms with Crippen LogP contribution in [0.3, 0.4) is 0 Å². The summed E-state index contributed by atoms with van der Waals surface area (Å²) in [7, 11) is 0. The van der Waals surface area contributed by atoms with E-state index in [4.69, 9.17) is 4.74 Å². The minimum Gasteiger partial charge on any atom is -0.452 e. The van der Waals surface area contributed by atoms with Gasteiger partial charge in [-0.1, -0.05) is 48.5 Å². The number of hydrogen-bond acceptors (Lipinski definition) is 3. The second kappa shape index (κ2) is 8.90. The first-order chi connectivity index (χ1) is 13.5. The van der Waals surface area contributed by atoms with Gasteiger partial charge in [-0.3, -0.25) is 4.79 Å². The standard InChI is InChI=1S/C22H17F2NO3/c23-19-11-10-17(13-20(19)24)25-21(26)14-28-22(27)18-9-5-4-8-16(18)12-15-6-2-1-3-7-15/h1-11,13H,12,14H2,(H,25,26). The largest absolute Gasteiger partial charge is 0.452 e. The molecule has 28 heavy (non-hydrogen) atoms. The molecule has 1 N–H and O–H groups in total. The average molecular weight is 381 g/mol. The fraction of sp³-hybridized carbons (Fsp3) is 0.0909. The lowest BCUT2D eigenvalue weighted by Crippen LogP contribution is -2.21. The van der Waals surface area contributed by atoms with Crippen LogP contribution < -0.4 is 5.32 Å². The Morgan fingerprint density at radius 2 is 1.57 bits per heavy atom. The van der Waals surface area contributed by atoms with Crippen molar-refractivity contribution in [2.45, 2.75) is 6.42 Å². The molecule has 0 fully saturated rings. The summed E-state index contributed by atoms with van der Waals surface area (Å²) in [6.07, 6.45) is 0.549. The minimum atomic E-state index is -1.08.